The van der Waals surface area contributed by atoms with E-state index in [1.807, 2.05) is 32.2 Å². The van der Waals surface area contributed by atoms with Gasteiger partial charge < -0.3 is 9.26 Å². The average Bonchev–Trinajstić information content (AvgIpc) is 2.84. The summed E-state index contributed by atoms with van der Waals surface area (Å²) in [4.78, 5) is 8.76. The molecule has 3 rings (SSSR count). The fourth-order valence-electron chi connectivity index (χ4n) is 2.43. The maximum atomic E-state index is 5.55. The van der Waals surface area contributed by atoms with Crippen LogP contribution in [-0.2, 0) is 11.2 Å². The normalized spacial score (nSPS) is 21.7. The summed E-state index contributed by atoms with van der Waals surface area (Å²) in [6, 6.07) is 4.04. The molecule has 0 amide bonds. The highest BCUT2D eigenvalue weighted by Crippen LogP contribution is 2.37. The second-order valence-corrected chi connectivity index (χ2v) is 5.28. The summed E-state index contributed by atoms with van der Waals surface area (Å²) >= 11 is 0. The quantitative estimate of drug-likeness (QED) is 0.838. The lowest BCUT2D eigenvalue weighted by molar-refractivity contribution is -0.00961. The molecule has 0 unspecified atom stereocenters. The molecule has 20 heavy (non-hydrogen) atoms. The van der Waals surface area contributed by atoms with Crippen LogP contribution in [0, 0.1) is 6.92 Å². The minimum atomic E-state index is 0.363. The summed E-state index contributed by atoms with van der Waals surface area (Å²) in [6.45, 7) is 4.77. The number of aryl methyl sites for hydroxylation is 1. The first-order valence-electron chi connectivity index (χ1n) is 7.10. The van der Waals surface area contributed by atoms with Crippen LogP contribution in [0.25, 0.3) is 0 Å². The summed E-state index contributed by atoms with van der Waals surface area (Å²) in [7, 11) is 0. The Morgan fingerprint density at radius 1 is 1.35 bits per heavy atom. The molecule has 0 N–H and O–H groups in total. The summed E-state index contributed by atoms with van der Waals surface area (Å²) in [5, 5.41) is 4.05. The Bertz CT molecular complexity index is 559. The van der Waals surface area contributed by atoms with Gasteiger partial charge in [0, 0.05) is 30.8 Å². The fraction of sp³-hybridized carbons (Fsp3) is 0.533. The van der Waals surface area contributed by atoms with Gasteiger partial charge in [-0.15, -0.1) is 0 Å². The molecule has 0 bridgehead atoms. The van der Waals surface area contributed by atoms with Crippen molar-refractivity contribution in [3.8, 4) is 0 Å². The number of nitrogens with zero attached hydrogens (tertiary/aromatic N) is 3. The molecule has 0 atom stereocenters. The molecule has 1 fully saturated rings. The van der Waals surface area contributed by atoms with E-state index in [9.17, 15) is 0 Å². The second-order valence-electron chi connectivity index (χ2n) is 5.28. The van der Waals surface area contributed by atoms with Gasteiger partial charge in [0.1, 0.15) is 0 Å². The molecule has 2 aromatic heterocycles. The van der Waals surface area contributed by atoms with Crippen molar-refractivity contribution in [3.05, 3.63) is 41.3 Å². The van der Waals surface area contributed by atoms with Gasteiger partial charge in [-0.2, -0.15) is 4.98 Å². The van der Waals surface area contributed by atoms with Crippen LogP contribution in [-0.4, -0.2) is 27.8 Å². The first kappa shape index (κ1) is 13.2. The Hall–Kier alpha value is -1.75. The summed E-state index contributed by atoms with van der Waals surface area (Å²) < 4.78 is 10.9. The van der Waals surface area contributed by atoms with Gasteiger partial charge in [0.2, 0.25) is 5.89 Å². The highest BCUT2D eigenvalue weighted by molar-refractivity contribution is 5.17. The van der Waals surface area contributed by atoms with E-state index in [1.54, 1.807) is 0 Å². The van der Waals surface area contributed by atoms with E-state index in [0.29, 0.717) is 18.4 Å². The molecule has 0 radical (unpaired) electrons. The van der Waals surface area contributed by atoms with Gasteiger partial charge in [0.15, 0.2) is 5.82 Å². The van der Waals surface area contributed by atoms with Crippen LogP contribution in [0.15, 0.2) is 22.9 Å². The molecular formula is C15H19N3O2. The van der Waals surface area contributed by atoms with Crippen molar-refractivity contribution < 1.29 is 9.26 Å². The average molecular weight is 273 g/mol. The molecule has 5 heteroatoms. The van der Waals surface area contributed by atoms with E-state index in [1.165, 1.54) is 0 Å². The van der Waals surface area contributed by atoms with Crippen LogP contribution in [0.1, 0.15) is 48.7 Å². The van der Waals surface area contributed by atoms with Crippen LogP contribution in [0.5, 0.6) is 0 Å². The van der Waals surface area contributed by atoms with Gasteiger partial charge in [-0.1, -0.05) is 11.2 Å². The highest BCUT2D eigenvalue weighted by atomic mass is 16.5. The Balaban J connectivity index is 1.59. The van der Waals surface area contributed by atoms with Crippen molar-refractivity contribution in [1.82, 2.24) is 15.1 Å². The van der Waals surface area contributed by atoms with Crippen LogP contribution >= 0.6 is 0 Å². The van der Waals surface area contributed by atoms with Gasteiger partial charge in [0.05, 0.1) is 6.10 Å². The molecule has 106 valence electrons. The Kier molecular flexibility index (Phi) is 3.78. The molecular weight excluding hydrogens is 254 g/mol. The van der Waals surface area contributed by atoms with Crippen LogP contribution in [0.2, 0.25) is 0 Å². The van der Waals surface area contributed by atoms with Crippen molar-refractivity contribution in [1.29, 1.82) is 0 Å². The van der Waals surface area contributed by atoms with E-state index in [2.05, 4.69) is 15.1 Å². The maximum absolute atomic E-state index is 5.55. The minimum absolute atomic E-state index is 0.363. The predicted molar refractivity (Wildman–Crippen MR) is 73.5 cm³/mol. The van der Waals surface area contributed by atoms with Crippen LogP contribution in [0.4, 0.5) is 0 Å². The maximum Gasteiger partial charge on any atom is 0.229 e. The van der Waals surface area contributed by atoms with Gasteiger partial charge in [-0.05, 0) is 38.3 Å². The Morgan fingerprint density at radius 3 is 2.90 bits per heavy atom. The topological polar surface area (TPSA) is 61.0 Å². The second kappa shape index (κ2) is 5.71. The van der Waals surface area contributed by atoms with Gasteiger partial charge in [-0.3, -0.25) is 4.98 Å². The smallest absolute Gasteiger partial charge is 0.229 e. The largest absolute Gasteiger partial charge is 0.378 e. The van der Waals surface area contributed by atoms with Crippen molar-refractivity contribution in [2.45, 2.75) is 45.1 Å². The lowest BCUT2D eigenvalue weighted by Crippen LogP contribution is -2.29. The molecule has 1 aliphatic rings. The molecule has 2 heterocycles. The van der Waals surface area contributed by atoms with Gasteiger partial charge >= 0.3 is 0 Å². The molecule has 2 aromatic rings. The number of ether oxygens (including phenoxy) is 1. The zero-order valence-electron chi connectivity index (χ0n) is 11.9. The predicted octanol–water partition coefficient (Wildman–Crippen LogP) is 2.65. The molecule has 5 nitrogen and oxygen atoms in total. The molecule has 0 aliphatic heterocycles. The van der Waals surface area contributed by atoms with E-state index in [0.717, 1.165) is 42.4 Å². The van der Waals surface area contributed by atoms with E-state index in [-0.39, 0.29) is 0 Å². The first-order valence-corrected chi connectivity index (χ1v) is 7.10. The lowest BCUT2D eigenvalue weighted by Gasteiger charge is -2.32. The number of aromatic nitrogens is 3. The van der Waals surface area contributed by atoms with Crippen LogP contribution in [0.3, 0.4) is 0 Å². The number of hydrogen-bond donors (Lipinski definition) is 0. The van der Waals surface area contributed by atoms with Crippen molar-refractivity contribution in [2.75, 3.05) is 6.61 Å². The first-order chi connectivity index (χ1) is 9.74. The van der Waals surface area contributed by atoms with Crippen molar-refractivity contribution in [3.63, 3.8) is 0 Å². The third-order valence-electron chi connectivity index (χ3n) is 3.67. The Labute approximate surface area is 118 Å². The highest BCUT2D eigenvalue weighted by Gasteiger charge is 2.34. The van der Waals surface area contributed by atoms with Crippen LogP contribution < -0.4 is 0 Å². The van der Waals surface area contributed by atoms with Crippen molar-refractivity contribution >= 4 is 0 Å². The summed E-state index contributed by atoms with van der Waals surface area (Å²) in [5.74, 6) is 1.84. The fourth-order valence-corrected chi connectivity index (χ4v) is 2.43. The zero-order valence-corrected chi connectivity index (χ0v) is 11.9. The van der Waals surface area contributed by atoms with E-state index < -0.39 is 0 Å². The van der Waals surface area contributed by atoms with Gasteiger partial charge in [-0.25, -0.2) is 0 Å². The zero-order chi connectivity index (χ0) is 13.9. The summed E-state index contributed by atoms with van der Waals surface area (Å²) in [6.07, 6.45) is 4.86. The number of hydrogen-bond acceptors (Lipinski definition) is 5. The molecule has 1 aliphatic carbocycles. The van der Waals surface area contributed by atoms with E-state index in [4.69, 9.17) is 9.26 Å². The van der Waals surface area contributed by atoms with E-state index >= 15 is 0 Å². The third kappa shape index (κ3) is 2.88. The Morgan fingerprint density at radius 2 is 2.20 bits per heavy atom. The SMILES string of the molecule is CCOC1CC(c2nc(Cc3ccc(C)nc3)no2)C1. The van der Waals surface area contributed by atoms with Gasteiger partial charge in [0.25, 0.3) is 0 Å². The molecule has 0 aromatic carbocycles. The minimum Gasteiger partial charge on any atom is -0.378 e. The van der Waals surface area contributed by atoms with Crippen molar-refractivity contribution in [2.24, 2.45) is 0 Å². The standard InChI is InChI=1S/C15H19N3O2/c1-3-19-13-7-12(8-13)15-17-14(18-20-15)6-11-5-4-10(2)16-9-11/h4-5,9,12-13H,3,6-8H2,1-2H3. The summed E-state index contributed by atoms with van der Waals surface area (Å²) in [5.41, 5.74) is 2.11. The number of rotatable bonds is 5. The molecule has 0 spiro atoms. The molecule has 1 saturated carbocycles. The molecule has 0 saturated heterocycles. The third-order valence-corrected chi connectivity index (χ3v) is 3.67. The lowest BCUT2D eigenvalue weighted by atomic mass is 9.82. The monoisotopic (exact) mass is 273 g/mol. The number of pyridine rings is 1.